The smallest absolute Gasteiger partial charge is 0.401 e. The van der Waals surface area contributed by atoms with Crippen molar-refractivity contribution in [2.24, 2.45) is 11.3 Å². The molecule has 1 aliphatic carbocycles. The zero-order chi connectivity index (χ0) is 14.2. The quantitative estimate of drug-likeness (QED) is 0.798. The van der Waals surface area contributed by atoms with Crippen LogP contribution in [-0.4, -0.2) is 31.3 Å². The highest BCUT2D eigenvalue weighted by Crippen LogP contribution is 2.48. The Morgan fingerprint density at radius 3 is 2.33 bits per heavy atom. The third-order valence-corrected chi connectivity index (χ3v) is 3.61. The molecule has 3 nitrogen and oxygen atoms in total. The van der Waals surface area contributed by atoms with Gasteiger partial charge in [0.1, 0.15) is 5.54 Å². The summed E-state index contributed by atoms with van der Waals surface area (Å²) >= 11 is 0. The van der Waals surface area contributed by atoms with Crippen LogP contribution in [0, 0.1) is 11.3 Å². The predicted octanol–water partition coefficient (Wildman–Crippen LogP) is 2.51. The highest BCUT2D eigenvalue weighted by molar-refractivity contribution is 5.82. The summed E-state index contributed by atoms with van der Waals surface area (Å²) in [4.78, 5) is 11.9. The minimum atomic E-state index is -4.34. The molecule has 0 heterocycles. The van der Waals surface area contributed by atoms with E-state index in [-0.39, 0.29) is 11.3 Å². The van der Waals surface area contributed by atoms with Crippen molar-refractivity contribution in [3.05, 3.63) is 0 Å². The predicted molar refractivity (Wildman–Crippen MR) is 61.0 cm³/mol. The van der Waals surface area contributed by atoms with Crippen molar-refractivity contribution in [2.45, 2.75) is 45.3 Å². The fraction of sp³-hybridized carbons (Fsp3) is 0.917. The molecule has 0 amide bonds. The molecule has 6 heteroatoms. The lowest BCUT2D eigenvalue weighted by molar-refractivity contribution is -0.155. The van der Waals surface area contributed by atoms with Crippen LogP contribution in [0.1, 0.15) is 33.6 Å². The van der Waals surface area contributed by atoms with E-state index >= 15 is 0 Å². The molecular weight excluding hydrogens is 247 g/mol. The topological polar surface area (TPSA) is 38.3 Å². The molecule has 0 aromatic carbocycles. The molecule has 1 N–H and O–H groups in total. The number of rotatable bonds is 3. The summed E-state index contributed by atoms with van der Waals surface area (Å²) < 4.78 is 41.8. The van der Waals surface area contributed by atoms with Crippen molar-refractivity contribution >= 4 is 5.97 Å². The lowest BCUT2D eigenvalue weighted by Gasteiger charge is -2.33. The SMILES string of the molecule is COC(=O)C1(NCC(F)(F)F)CC(C)(C)CC1C. The standard InChI is InChI=1S/C12H20F3NO2/c1-8-5-10(2,3)6-11(8,9(17)18-4)16-7-12(13,14)15/h8,16H,5-7H2,1-4H3. The second-order valence-corrected chi connectivity index (χ2v) is 5.88. The minimum Gasteiger partial charge on any atom is -0.468 e. The largest absolute Gasteiger partial charge is 0.468 e. The average molecular weight is 267 g/mol. The summed E-state index contributed by atoms with van der Waals surface area (Å²) in [6, 6.07) is 0. The average Bonchev–Trinajstić information content (AvgIpc) is 2.44. The van der Waals surface area contributed by atoms with Crippen molar-refractivity contribution < 1.29 is 22.7 Å². The highest BCUT2D eigenvalue weighted by Gasteiger charge is 2.55. The van der Waals surface area contributed by atoms with Crippen LogP contribution < -0.4 is 5.32 Å². The Bertz CT molecular complexity index is 328. The van der Waals surface area contributed by atoms with Crippen LogP contribution in [0.4, 0.5) is 13.2 Å². The Balaban J connectivity index is 2.94. The van der Waals surface area contributed by atoms with E-state index in [0.717, 1.165) is 0 Å². The van der Waals surface area contributed by atoms with Gasteiger partial charge in [-0.15, -0.1) is 0 Å². The molecule has 2 unspecified atom stereocenters. The van der Waals surface area contributed by atoms with Gasteiger partial charge in [-0.3, -0.25) is 10.1 Å². The van der Waals surface area contributed by atoms with Gasteiger partial charge in [-0.25, -0.2) is 0 Å². The number of carbonyl (C=O) groups excluding carboxylic acids is 1. The first-order chi connectivity index (χ1) is 8.02. The maximum absolute atomic E-state index is 12.4. The Kier molecular flexibility index (Phi) is 4.00. The van der Waals surface area contributed by atoms with Gasteiger partial charge in [0.05, 0.1) is 13.7 Å². The number of nitrogens with one attached hydrogen (secondary N) is 1. The molecule has 0 saturated heterocycles. The van der Waals surface area contributed by atoms with Gasteiger partial charge < -0.3 is 4.74 Å². The molecule has 0 bridgehead atoms. The van der Waals surface area contributed by atoms with E-state index in [1.807, 2.05) is 13.8 Å². The number of hydrogen-bond acceptors (Lipinski definition) is 3. The van der Waals surface area contributed by atoms with Crippen molar-refractivity contribution in [3.63, 3.8) is 0 Å². The van der Waals surface area contributed by atoms with Crippen LogP contribution in [-0.2, 0) is 9.53 Å². The fourth-order valence-corrected chi connectivity index (χ4v) is 3.03. The van der Waals surface area contributed by atoms with E-state index in [9.17, 15) is 18.0 Å². The molecule has 0 aliphatic heterocycles. The molecule has 1 fully saturated rings. The molecule has 2 atom stereocenters. The molecular formula is C12H20F3NO2. The van der Waals surface area contributed by atoms with Gasteiger partial charge in [0.15, 0.2) is 0 Å². The van der Waals surface area contributed by atoms with E-state index in [1.54, 1.807) is 6.92 Å². The molecule has 18 heavy (non-hydrogen) atoms. The first kappa shape index (κ1) is 15.3. The molecule has 1 rings (SSSR count). The maximum Gasteiger partial charge on any atom is 0.401 e. The van der Waals surface area contributed by atoms with E-state index in [0.29, 0.717) is 12.8 Å². The number of halogens is 3. The van der Waals surface area contributed by atoms with E-state index in [1.165, 1.54) is 7.11 Å². The van der Waals surface area contributed by atoms with Gasteiger partial charge in [0, 0.05) is 0 Å². The Morgan fingerprint density at radius 1 is 1.44 bits per heavy atom. The number of esters is 1. The third-order valence-electron chi connectivity index (χ3n) is 3.61. The van der Waals surface area contributed by atoms with Crippen LogP contribution in [0.5, 0.6) is 0 Å². The third kappa shape index (κ3) is 3.16. The van der Waals surface area contributed by atoms with Crippen LogP contribution in [0.15, 0.2) is 0 Å². The Hall–Kier alpha value is -0.780. The lowest BCUT2D eigenvalue weighted by Crippen LogP contribution is -2.57. The maximum atomic E-state index is 12.4. The van der Waals surface area contributed by atoms with Crippen LogP contribution >= 0.6 is 0 Å². The number of carbonyl (C=O) groups is 1. The molecule has 106 valence electrons. The number of methoxy groups -OCH3 is 1. The number of ether oxygens (including phenoxy) is 1. The summed E-state index contributed by atoms with van der Waals surface area (Å²) in [7, 11) is 1.21. The second kappa shape index (κ2) is 4.72. The van der Waals surface area contributed by atoms with E-state index < -0.39 is 24.2 Å². The van der Waals surface area contributed by atoms with Gasteiger partial charge in [-0.05, 0) is 24.2 Å². The van der Waals surface area contributed by atoms with Gasteiger partial charge in [0.25, 0.3) is 0 Å². The molecule has 0 radical (unpaired) electrons. The van der Waals surface area contributed by atoms with E-state index in [2.05, 4.69) is 5.32 Å². The van der Waals surface area contributed by atoms with Gasteiger partial charge in [-0.1, -0.05) is 20.8 Å². The highest BCUT2D eigenvalue weighted by atomic mass is 19.4. The minimum absolute atomic E-state index is 0.174. The van der Waals surface area contributed by atoms with Crippen molar-refractivity contribution in [3.8, 4) is 0 Å². The first-order valence-electron chi connectivity index (χ1n) is 5.93. The van der Waals surface area contributed by atoms with Crippen molar-refractivity contribution in [1.29, 1.82) is 0 Å². The zero-order valence-corrected chi connectivity index (χ0v) is 11.1. The molecule has 0 aromatic heterocycles. The number of alkyl halides is 3. The van der Waals surface area contributed by atoms with E-state index in [4.69, 9.17) is 4.74 Å². The molecule has 0 spiro atoms. The Labute approximate surface area is 105 Å². The lowest BCUT2D eigenvalue weighted by atomic mass is 9.86. The summed E-state index contributed by atoms with van der Waals surface area (Å²) in [6.45, 7) is 4.50. The van der Waals surface area contributed by atoms with Crippen molar-refractivity contribution in [1.82, 2.24) is 5.32 Å². The molecule has 0 aromatic rings. The van der Waals surface area contributed by atoms with Gasteiger partial charge in [0.2, 0.25) is 0 Å². The second-order valence-electron chi connectivity index (χ2n) is 5.88. The van der Waals surface area contributed by atoms with Crippen LogP contribution in [0.3, 0.4) is 0 Å². The first-order valence-corrected chi connectivity index (χ1v) is 5.93. The van der Waals surface area contributed by atoms with Crippen LogP contribution in [0.2, 0.25) is 0 Å². The summed E-state index contributed by atoms with van der Waals surface area (Å²) in [6.07, 6.45) is -3.30. The molecule has 1 aliphatic rings. The summed E-state index contributed by atoms with van der Waals surface area (Å²) in [5.74, 6) is -0.799. The summed E-state index contributed by atoms with van der Waals surface area (Å²) in [5, 5.41) is 2.39. The normalized spacial score (nSPS) is 31.4. The van der Waals surface area contributed by atoms with Crippen molar-refractivity contribution in [2.75, 3.05) is 13.7 Å². The monoisotopic (exact) mass is 267 g/mol. The summed E-state index contributed by atoms with van der Waals surface area (Å²) in [5.41, 5.74) is -1.40. The van der Waals surface area contributed by atoms with Gasteiger partial charge in [-0.2, -0.15) is 13.2 Å². The zero-order valence-electron chi connectivity index (χ0n) is 11.1. The molecule has 1 saturated carbocycles. The van der Waals surface area contributed by atoms with Crippen LogP contribution in [0.25, 0.3) is 0 Å². The fourth-order valence-electron chi connectivity index (χ4n) is 3.03. The number of hydrogen-bond donors (Lipinski definition) is 1. The Morgan fingerprint density at radius 2 is 2.00 bits per heavy atom. The van der Waals surface area contributed by atoms with Gasteiger partial charge >= 0.3 is 12.1 Å².